The lowest BCUT2D eigenvalue weighted by molar-refractivity contribution is 0.192. The molecule has 0 N–H and O–H groups in total. The maximum absolute atomic E-state index is 9.27. The third-order valence-electron chi connectivity index (χ3n) is 4.61. The second-order valence-corrected chi connectivity index (χ2v) is 7.20. The summed E-state index contributed by atoms with van der Waals surface area (Å²) in [4.78, 5) is 9.08. The Bertz CT molecular complexity index is 1060. The van der Waals surface area contributed by atoms with Gasteiger partial charge in [-0.05, 0) is 48.6 Å². The third-order valence-corrected chi connectivity index (χ3v) is 5.16. The van der Waals surface area contributed by atoms with Gasteiger partial charge in [-0.2, -0.15) is 5.26 Å². The SMILES string of the molecule is N#Cc1cccnc1N1CCN(Cn2nc(-c3ccc(Cl)cc3)oc2=S)CC1. The van der Waals surface area contributed by atoms with E-state index < -0.39 is 0 Å². The zero-order valence-corrected chi connectivity index (χ0v) is 16.5. The van der Waals surface area contributed by atoms with Crippen molar-refractivity contribution in [3.8, 4) is 17.5 Å². The number of pyridine rings is 1. The molecule has 0 saturated carbocycles. The number of nitrogens with zero attached hydrogens (tertiary/aromatic N) is 6. The number of hydrogen-bond donors (Lipinski definition) is 0. The highest BCUT2D eigenvalue weighted by Crippen LogP contribution is 2.21. The van der Waals surface area contributed by atoms with Crippen LogP contribution in [0.2, 0.25) is 5.02 Å². The fourth-order valence-electron chi connectivity index (χ4n) is 3.13. The van der Waals surface area contributed by atoms with E-state index in [2.05, 4.69) is 26.0 Å². The smallest absolute Gasteiger partial charge is 0.288 e. The van der Waals surface area contributed by atoms with Gasteiger partial charge < -0.3 is 9.32 Å². The molecule has 0 spiro atoms. The molecule has 1 fully saturated rings. The van der Waals surface area contributed by atoms with Crippen LogP contribution in [-0.2, 0) is 6.67 Å². The van der Waals surface area contributed by atoms with Gasteiger partial charge in [0.05, 0.1) is 12.2 Å². The first-order chi connectivity index (χ1) is 13.6. The predicted octanol–water partition coefficient (Wildman–Crippen LogP) is 3.57. The number of aromatic nitrogens is 3. The monoisotopic (exact) mass is 412 g/mol. The van der Waals surface area contributed by atoms with Crippen LogP contribution in [0.4, 0.5) is 5.82 Å². The quantitative estimate of drug-likeness (QED) is 0.606. The minimum Gasteiger partial charge on any atom is -0.409 e. The summed E-state index contributed by atoms with van der Waals surface area (Å²) in [6.07, 6.45) is 1.72. The first kappa shape index (κ1) is 18.6. The van der Waals surface area contributed by atoms with E-state index in [0.29, 0.717) is 28.0 Å². The predicted molar refractivity (Wildman–Crippen MR) is 109 cm³/mol. The summed E-state index contributed by atoms with van der Waals surface area (Å²) in [6.45, 7) is 3.73. The molecule has 1 saturated heterocycles. The van der Waals surface area contributed by atoms with Gasteiger partial charge in [0.25, 0.3) is 4.84 Å². The second kappa shape index (κ2) is 8.10. The van der Waals surface area contributed by atoms with Crippen LogP contribution in [0.1, 0.15) is 5.56 Å². The van der Waals surface area contributed by atoms with E-state index in [1.807, 2.05) is 12.1 Å². The van der Waals surface area contributed by atoms with Crippen molar-refractivity contribution < 1.29 is 4.42 Å². The molecule has 28 heavy (non-hydrogen) atoms. The lowest BCUT2D eigenvalue weighted by Gasteiger charge is -2.35. The number of piperazine rings is 1. The number of anilines is 1. The zero-order valence-electron chi connectivity index (χ0n) is 15.0. The molecule has 7 nitrogen and oxygen atoms in total. The van der Waals surface area contributed by atoms with Gasteiger partial charge in [-0.15, -0.1) is 5.10 Å². The summed E-state index contributed by atoms with van der Waals surface area (Å²) in [5, 5.41) is 14.4. The Hall–Kier alpha value is -2.73. The van der Waals surface area contributed by atoms with E-state index in [1.165, 1.54) is 0 Å². The maximum atomic E-state index is 9.27. The zero-order chi connectivity index (χ0) is 19.5. The van der Waals surface area contributed by atoms with Crippen LogP contribution in [0.3, 0.4) is 0 Å². The Balaban J connectivity index is 1.42. The molecule has 3 aromatic rings. The van der Waals surface area contributed by atoms with E-state index in [1.54, 1.807) is 35.1 Å². The van der Waals surface area contributed by atoms with E-state index in [9.17, 15) is 5.26 Å². The van der Waals surface area contributed by atoms with Crippen molar-refractivity contribution in [1.29, 1.82) is 5.26 Å². The lowest BCUT2D eigenvalue weighted by atomic mass is 10.2. The Morgan fingerprint density at radius 2 is 1.89 bits per heavy atom. The molecule has 0 radical (unpaired) electrons. The normalized spacial score (nSPS) is 14.8. The van der Waals surface area contributed by atoms with E-state index >= 15 is 0 Å². The van der Waals surface area contributed by atoms with Gasteiger partial charge in [0.2, 0.25) is 5.89 Å². The average Bonchev–Trinajstić information content (AvgIpc) is 3.09. The van der Waals surface area contributed by atoms with Crippen LogP contribution < -0.4 is 4.90 Å². The largest absolute Gasteiger partial charge is 0.409 e. The lowest BCUT2D eigenvalue weighted by Crippen LogP contribution is -2.47. The van der Waals surface area contributed by atoms with Gasteiger partial charge in [0.15, 0.2) is 0 Å². The highest BCUT2D eigenvalue weighted by molar-refractivity contribution is 7.71. The highest BCUT2D eigenvalue weighted by atomic mass is 35.5. The van der Waals surface area contributed by atoms with Crippen LogP contribution in [0.25, 0.3) is 11.5 Å². The van der Waals surface area contributed by atoms with Crippen LogP contribution in [0.15, 0.2) is 47.0 Å². The van der Waals surface area contributed by atoms with E-state index in [4.69, 9.17) is 28.2 Å². The topological polar surface area (TPSA) is 74.1 Å². The average molecular weight is 413 g/mol. The van der Waals surface area contributed by atoms with Crippen LogP contribution in [0, 0.1) is 16.2 Å². The minimum atomic E-state index is 0.337. The molecule has 1 aliphatic rings. The molecule has 1 aliphatic heterocycles. The summed E-state index contributed by atoms with van der Waals surface area (Å²) >= 11 is 11.3. The number of benzene rings is 1. The van der Waals surface area contributed by atoms with Crippen LogP contribution in [0.5, 0.6) is 0 Å². The molecule has 0 atom stereocenters. The van der Waals surface area contributed by atoms with Crippen molar-refractivity contribution >= 4 is 29.6 Å². The van der Waals surface area contributed by atoms with Crippen molar-refractivity contribution in [2.75, 3.05) is 31.1 Å². The minimum absolute atomic E-state index is 0.337. The molecule has 3 heterocycles. The van der Waals surface area contributed by atoms with Crippen LogP contribution >= 0.6 is 23.8 Å². The molecule has 0 amide bonds. The molecule has 0 unspecified atom stereocenters. The van der Waals surface area contributed by atoms with Crippen LogP contribution in [-0.4, -0.2) is 45.8 Å². The molecule has 2 aromatic heterocycles. The first-order valence-corrected chi connectivity index (χ1v) is 9.59. The molecule has 1 aromatic carbocycles. The summed E-state index contributed by atoms with van der Waals surface area (Å²) in [5.74, 6) is 1.22. The second-order valence-electron chi connectivity index (χ2n) is 6.41. The molecule has 0 aliphatic carbocycles. The highest BCUT2D eigenvalue weighted by Gasteiger charge is 2.21. The molecule has 4 rings (SSSR count). The summed E-state index contributed by atoms with van der Waals surface area (Å²) in [7, 11) is 0. The van der Waals surface area contributed by atoms with Gasteiger partial charge in [-0.3, -0.25) is 4.90 Å². The van der Waals surface area contributed by atoms with Crippen molar-refractivity contribution in [3.05, 3.63) is 58.0 Å². The first-order valence-electron chi connectivity index (χ1n) is 8.80. The van der Waals surface area contributed by atoms with Crippen molar-refractivity contribution in [2.45, 2.75) is 6.67 Å². The van der Waals surface area contributed by atoms with Gasteiger partial charge >= 0.3 is 0 Å². The number of halogens is 1. The van der Waals surface area contributed by atoms with Gasteiger partial charge in [-0.1, -0.05) is 11.6 Å². The van der Waals surface area contributed by atoms with E-state index in [-0.39, 0.29) is 0 Å². The fraction of sp³-hybridized carbons (Fsp3) is 0.263. The standard InChI is InChI=1S/C19H17ClN6OS/c20-16-5-3-14(4-6-16)18-23-26(19(28)27-18)13-24-8-10-25(11-9-24)17-15(12-21)2-1-7-22-17/h1-7H,8-11,13H2. The van der Waals surface area contributed by atoms with Gasteiger partial charge in [0, 0.05) is 43.0 Å². The summed E-state index contributed by atoms with van der Waals surface area (Å²) in [6, 6.07) is 13.1. The van der Waals surface area contributed by atoms with Gasteiger partial charge in [0.1, 0.15) is 11.9 Å². The summed E-state index contributed by atoms with van der Waals surface area (Å²) < 4.78 is 7.33. The molecular weight excluding hydrogens is 396 g/mol. The van der Waals surface area contributed by atoms with Crippen molar-refractivity contribution in [1.82, 2.24) is 19.7 Å². The van der Waals surface area contributed by atoms with Gasteiger partial charge in [-0.25, -0.2) is 9.67 Å². The Morgan fingerprint density at radius 3 is 2.61 bits per heavy atom. The number of hydrogen-bond acceptors (Lipinski definition) is 7. The molecular formula is C19H17ClN6OS. The molecule has 9 heteroatoms. The fourth-order valence-corrected chi connectivity index (χ4v) is 3.43. The Morgan fingerprint density at radius 1 is 1.14 bits per heavy atom. The Labute approximate surface area is 172 Å². The Kier molecular flexibility index (Phi) is 5.39. The maximum Gasteiger partial charge on any atom is 0.288 e. The van der Waals surface area contributed by atoms with Crippen molar-refractivity contribution in [3.63, 3.8) is 0 Å². The van der Waals surface area contributed by atoms with E-state index in [0.717, 1.165) is 37.6 Å². The number of rotatable bonds is 4. The third kappa shape index (κ3) is 3.92. The molecule has 0 bridgehead atoms. The number of nitriles is 1. The molecule has 142 valence electrons. The van der Waals surface area contributed by atoms with Crippen molar-refractivity contribution in [2.24, 2.45) is 0 Å². The summed E-state index contributed by atoms with van der Waals surface area (Å²) in [5.41, 5.74) is 1.43.